The second-order valence-corrected chi connectivity index (χ2v) is 6.39. The number of benzene rings is 2. The minimum Gasteiger partial charge on any atom is -0.481 e. The van der Waals surface area contributed by atoms with E-state index in [1.54, 1.807) is 36.4 Å². The molecule has 0 aliphatic heterocycles. The Bertz CT molecular complexity index is 994. The van der Waals surface area contributed by atoms with Crippen molar-refractivity contribution < 1.29 is 19.1 Å². The quantitative estimate of drug-likeness (QED) is 0.528. The van der Waals surface area contributed by atoms with Crippen molar-refractivity contribution in [3.8, 4) is 17.4 Å². The van der Waals surface area contributed by atoms with E-state index in [1.165, 1.54) is 13.3 Å². The van der Waals surface area contributed by atoms with Crippen LogP contribution in [0.1, 0.15) is 18.0 Å². The van der Waals surface area contributed by atoms with Gasteiger partial charge in [0.05, 0.1) is 31.5 Å². The summed E-state index contributed by atoms with van der Waals surface area (Å²) in [6.07, 6.45) is 1.46. The summed E-state index contributed by atoms with van der Waals surface area (Å²) in [4.78, 5) is 28.1. The van der Waals surface area contributed by atoms with Gasteiger partial charge in [-0.3, -0.25) is 4.79 Å². The maximum atomic E-state index is 12.5. The van der Waals surface area contributed by atoms with Crippen LogP contribution < -0.4 is 25.8 Å². The van der Waals surface area contributed by atoms with E-state index in [-0.39, 0.29) is 12.3 Å². The normalized spacial score (nSPS) is 11.2. The topological polar surface area (TPSA) is 116 Å². The number of ether oxygens (including phenoxy) is 2. The Balaban J connectivity index is 1.72. The predicted octanol–water partition coefficient (Wildman–Crippen LogP) is 3.62. The van der Waals surface area contributed by atoms with Gasteiger partial charge in [0.15, 0.2) is 0 Å². The highest BCUT2D eigenvalue weighted by Gasteiger charge is 2.18. The van der Waals surface area contributed by atoms with Crippen LogP contribution in [0.5, 0.6) is 17.4 Å². The minimum absolute atomic E-state index is 0.0240. The van der Waals surface area contributed by atoms with Crippen LogP contribution in [0.2, 0.25) is 0 Å². The van der Waals surface area contributed by atoms with Gasteiger partial charge in [-0.05, 0) is 35.9 Å². The first-order valence-electron chi connectivity index (χ1n) is 9.22. The third kappa shape index (κ3) is 5.96. The standard InChI is InChI=1S/C22H22N4O4/c1-29-21-11-10-16(14-24-21)25-20(27)13-19(26-22(23)28)15-6-5-9-18(12-15)30-17-7-3-2-4-8-17/h2-12,14,19H,13H2,1H3,(H,25,27)(H3,23,26,28). The molecule has 1 atom stereocenters. The van der Waals surface area contributed by atoms with Gasteiger partial charge in [-0.1, -0.05) is 30.3 Å². The van der Waals surface area contributed by atoms with Gasteiger partial charge in [0.2, 0.25) is 11.8 Å². The van der Waals surface area contributed by atoms with Gasteiger partial charge in [0.25, 0.3) is 0 Å². The highest BCUT2D eigenvalue weighted by atomic mass is 16.5. The second-order valence-electron chi connectivity index (χ2n) is 6.39. The second kappa shape index (κ2) is 9.92. The monoisotopic (exact) mass is 406 g/mol. The van der Waals surface area contributed by atoms with Gasteiger partial charge >= 0.3 is 6.03 Å². The zero-order valence-corrected chi connectivity index (χ0v) is 16.4. The maximum Gasteiger partial charge on any atom is 0.312 e. The Morgan fingerprint density at radius 2 is 1.80 bits per heavy atom. The molecule has 30 heavy (non-hydrogen) atoms. The summed E-state index contributed by atoms with van der Waals surface area (Å²) >= 11 is 0. The lowest BCUT2D eigenvalue weighted by atomic mass is 10.0. The first-order valence-corrected chi connectivity index (χ1v) is 9.22. The molecule has 2 aromatic carbocycles. The van der Waals surface area contributed by atoms with Crippen LogP contribution in [-0.4, -0.2) is 24.0 Å². The molecule has 8 heteroatoms. The molecule has 0 spiro atoms. The first kappa shape index (κ1) is 20.7. The van der Waals surface area contributed by atoms with Crippen molar-refractivity contribution in [1.29, 1.82) is 0 Å². The number of carbonyl (C=O) groups is 2. The van der Waals surface area contributed by atoms with Crippen molar-refractivity contribution in [3.05, 3.63) is 78.5 Å². The van der Waals surface area contributed by atoms with Crippen molar-refractivity contribution in [2.75, 3.05) is 12.4 Å². The van der Waals surface area contributed by atoms with Crippen molar-refractivity contribution in [2.45, 2.75) is 12.5 Å². The first-order chi connectivity index (χ1) is 14.5. The summed E-state index contributed by atoms with van der Waals surface area (Å²) in [5.41, 5.74) is 6.51. The molecular weight excluding hydrogens is 384 g/mol. The van der Waals surface area contributed by atoms with Crippen LogP contribution in [0, 0.1) is 0 Å². The molecule has 1 heterocycles. The smallest absolute Gasteiger partial charge is 0.312 e. The number of hydrogen-bond acceptors (Lipinski definition) is 5. The summed E-state index contributed by atoms with van der Waals surface area (Å²) in [5, 5.41) is 5.35. The molecule has 1 unspecified atom stereocenters. The Morgan fingerprint density at radius 3 is 2.47 bits per heavy atom. The minimum atomic E-state index is -0.728. The Hall–Kier alpha value is -4.07. The molecule has 0 radical (unpaired) electrons. The molecule has 0 fully saturated rings. The molecule has 3 amide bonds. The lowest BCUT2D eigenvalue weighted by molar-refractivity contribution is -0.116. The van der Waals surface area contributed by atoms with E-state index >= 15 is 0 Å². The van der Waals surface area contributed by atoms with Gasteiger partial charge in [-0.2, -0.15) is 0 Å². The third-order valence-electron chi connectivity index (χ3n) is 4.17. The van der Waals surface area contributed by atoms with E-state index in [4.69, 9.17) is 15.2 Å². The molecule has 0 saturated heterocycles. The number of rotatable bonds is 8. The third-order valence-corrected chi connectivity index (χ3v) is 4.17. The fourth-order valence-corrected chi connectivity index (χ4v) is 2.82. The molecule has 4 N–H and O–H groups in total. The van der Waals surface area contributed by atoms with Gasteiger partial charge in [0.1, 0.15) is 11.5 Å². The van der Waals surface area contributed by atoms with Crippen LogP contribution in [0.15, 0.2) is 72.9 Å². The van der Waals surface area contributed by atoms with E-state index < -0.39 is 12.1 Å². The van der Waals surface area contributed by atoms with Gasteiger partial charge < -0.3 is 25.8 Å². The Labute approximate surface area is 174 Å². The summed E-state index contributed by atoms with van der Waals surface area (Å²) < 4.78 is 10.8. The lowest BCUT2D eigenvalue weighted by Crippen LogP contribution is -2.35. The number of urea groups is 1. The molecule has 8 nitrogen and oxygen atoms in total. The molecule has 0 bridgehead atoms. The number of hydrogen-bond donors (Lipinski definition) is 3. The number of methoxy groups -OCH3 is 1. The fraction of sp³-hybridized carbons (Fsp3) is 0.136. The maximum absolute atomic E-state index is 12.5. The number of anilines is 1. The van der Waals surface area contributed by atoms with Crippen LogP contribution >= 0.6 is 0 Å². The molecule has 0 saturated carbocycles. The Kier molecular flexibility index (Phi) is 6.83. The number of para-hydroxylation sites is 1. The average molecular weight is 406 g/mol. The van der Waals surface area contributed by atoms with Gasteiger partial charge in [-0.15, -0.1) is 0 Å². The van der Waals surface area contributed by atoms with Crippen LogP contribution in [0.3, 0.4) is 0 Å². The lowest BCUT2D eigenvalue weighted by Gasteiger charge is -2.18. The molecule has 3 rings (SSSR count). The highest BCUT2D eigenvalue weighted by molar-refractivity contribution is 5.91. The molecular formula is C22H22N4O4. The van der Waals surface area contributed by atoms with Crippen LogP contribution in [-0.2, 0) is 4.79 Å². The summed E-state index contributed by atoms with van der Waals surface area (Å²) in [6.45, 7) is 0. The van der Waals surface area contributed by atoms with Crippen LogP contribution in [0.4, 0.5) is 10.5 Å². The zero-order chi connectivity index (χ0) is 21.3. The number of amides is 3. The number of nitrogens with zero attached hydrogens (tertiary/aromatic N) is 1. The number of pyridine rings is 1. The predicted molar refractivity (Wildman–Crippen MR) is 112 cm³/mol. The summed E-state index contributed by atoms with van der Waals surface area (Å²) in [6, 6.07) is 18.4. The molecule has 154 valence electrons. The molecule has 0 aliphatic carbocycles. The number of carbonyl (C=O) groups excluding carboxylic acids is 2. The summed E-state index contributed by atoms with van der Waals surface area (Å²) in [5.74, 6) is 1.39. The van der Waals surface area contributed by atoms with Crippen molar-refractivity contribution in [2.24, 2.45) is 5.73 Å². The van der Waals surface area contributed by atoms with E-state index in [0.717, 1.165) is 0 Å². The Morgan fingerprint density at radius 1 is 1.03 bits per heavy atom. The van der Waals surface area contributed by atoms with E-state index in [9.17, 15) is 9.59 Å². The van der Waals surface area contributed by atoms with Crippen molar-refractivity contribution in [1.82, 2.24) is 10.3 Å². The number of aromatic nitrogens is 1. The summed E-state index contributed by atoms with van der Waals surface area (Å²) in [7, 11) is 1.51. The molecule has 1 aromatic heterocycles. The largest absolute Gasteiger partial charge is 0.481 e. The van der Waals surface area contributed by atoms with Crippen molar-refractivity contribution >= 4 is 17.6 Å². The fourth-order valence-electron chi connectivity index (χ4n) is 2.82. The van der Waals surface area contributed by atoms with E-state index in [0.29, 0.717) is 28.6 Å². The highest BCUT2D eigenvalue weighted by Crippen LogP contribution is 2.26. The SMILES string of the molecule is COc1ccc(NC(=O)CC(NC(N)=O)c2cccc(Oc3ccccc3)c2)cn1. The van der Waals surface area contributed by atoms with E-state index in [1.807, 2.05) is 30.3 Å². The average Bonchev–Trinajstić information content (AvgIpc) is 2.74. The zero-order valence-electron chi connectivity index (χ0n) is 16.4. The van der Waals surface area contributed by atoms with Gasteiger partial charge in [0, 0.05) is 6.07 Å². The number of nitrogens with two attached hydrogens (primary N) is 1. The van der Waals surface area contributed by atoms with Crippen LogP contribution in [0.25, 0.3) is 0 Å². The number of nitrogens with one attached hydrogen (secondary N) is 2. The van der Waals surface area contributed by atoms with E-state index in [2.05, 4.69) is 15.6 Å². The van der Waals surface area contributed by atoms with Gasteiger partial charge in [-0.25, -0.2) is 9.78 Å². The van der Waals surface area contributed by atoms with Crippen molar-refractivity contribution in [3.63, 3.8) is 0 Å². The number of primary amides is 1. The molecule has 3 aromatic rings. The molecule has 0 aliphatic rings.